The van der Waals surface area contributed by atoms with E-state index in [1.165, 1.54) is 0 Å². The van der Waals surface area contributed by atoms with E-state index in [9.17, 15) is 0 Å². The van der Waals surface area contributed by atoms with Crippen molar-refractivity contribution in [1.82, 2.24) is 9.78 Å². The van der Waals surface area contributed by atoms with E-state index in [-0.39, 0.29) is 0 Å². The molecule has 0 aliphatic carbocycles. The summed E-state index contributed by atoms with van der Waals surface area (Å²) in [4.78, 5) is 0. The Morgan fingerprint density at radius 3 is 2.35 bits per heavy atom. The smallest absolute Gasteiger partial charge is 0.0692 e. The van der Waals surface area contributed by atoms with E-state index in [1.807, 2.05) is 49.0 Å². The number of aromatic nitrogens is 2. The molecule has 0 aliphatic heterocycles. The van der Waals surface area contributed by atoms with Gasteiger partial charge in [0.05, 0.1) is 5.69 Å². The predicted molar refractivity (Wildman–Crippen MR) is 75.3 cm³/mol. The van der Waals surface area contributed by atoms with Crippen LogP contribution in [-0.4, -0.2) is 9.78 Å². The Balaban J connectivity index is 2.56. The van der Waals surface area contributed by atoms with Gasteiger partial charge in [0.1, 0.15) is 0 Å². The zero-order chi connectivity index (χ0) is 12.4. The summed E-state index contributed by atoms with van der Waals surface area (Å²) in [6.07, 6.45) is 1.79. The molecule has 2 rings (SSSR count). The van der Waals surface area contributed by atoms with Crippen LogP contribution in [0.3, 0.4) is 0 Å². The molecule has 1 aromatic carbocycles. The summed E-state index contributed by atoms with van der Waals surface area (Å²) in [5, 5.41) is 4.94. The summed E-state index contributed by atoms with van der Waals surface area (Å²) in [5.74, 6) is 0. The minimum Gasteiger partial charge on any atom is -0.268 e. The highest BCUT2D eigenvalue weighted by atomic mass is 79.9. The SMILES string of the molecule is C/C(Br)=C(/c1ccc(Cl)cc1)c1ccnn1C. The molecule has 0 aliphatic rings. The zero-order valence-electron chi connectivity index (χ0n) is 9.61. The summed E-state index contributed by atoms with van der Waals surface area (Å²) in [6.45, 7) is 2.02. The molecular formula is C13H12BrClN2. The van der Waals surface area contributed by atoms with Gasteiger partial charge in [0.25, 0.3) is 0 Å². The van der Waals surface area contributed by atoms with E-state index in [4.69, 9.17) is 11.6 Å². The highest BCUT2D eigenvalue weighted by molar-refractivity contribution is 9.11. The van der Waals surface area contributed by atoms with Crippen LogP contribution in [0.4, 0.5) is 0 Å². The van der Waals surface area contributed by atoms with Crippen LogP contribution in [0.15, 0.2) is 41.0 Å². The van der Waals surface area contributed by atoms with Crippen LogP contribution in [0.2, 0.25) is 5.02 Å². The number of nitrogens with zero attached hydrogens (tertiary/aromatic N) is 2. The molecule has 0 N–H and O–H groups in total. The summed E-state index contributed by atoms with van der Waals surface area (Å²) < 4.78 is 2.93. The number of allylic oxidation sites excluding steroid dienone is 1. The molecule has 88 valence electrons. The Morgan fingerprint density at radius 2 is 1.88 bits per heavy atom. The van der Waals surface area contributed by atoms with Gasteiger partial charge in [-0.3, -0.25) is 4.68 Å². The fraction of sp³-hybridized carbons (Fsp3) is 0.154. The van der Waals surface area contributed by atoms with Crippen LogP contribution in [0.1, 0.15) is 18.2 Å². The molecule has 0 saturated heterocycles. The molecule has 0 saturated carbocycles. The Kier molecular flexibility index (Phi) is 3.69. The maximum atomic E-state index is 5.91. The molecule has 0 fully saturated rings. The van der Waals surface area contributed by atoms with Gasteiger partial charge in [0.2, 0.25) is 0 Å². The van der Waals surface area contributed by atoms with Gasteiger partial charge in [0, 0.05) is 28.3 Å². The maximum Gasteiger partial charge on any atom is 0.0692 e. The van der Waals surface area contributed by atoms with Gasteiger partial charge >= 0.3 is 0 Å². The molecule has 0 unspecified atom stereocenters. The molecule has 17 heavy (non-hydrogen) atoms. The lowest BCUT2D eigenvalue weighted by atomic mass is 10.0. The van der Waals surface area contributed by atoms with Gasteiger partial charge in [-0.25, -0.2) is 0 Å². The van der Waals surface area contributed by atoms with Crippen molar-refractivity contribution in [3.63, 3.8) is 0 Å². The third-order valence-electron chi connectivity index (χ3n) is 2.55. The normalized spacial score (nSPS) is 12.5. The largest absolute Gasteiger partial charge is 0.268 e. The molecule has 0 atom stereocenters. The molecule has 1 aromatic heterocycles. The van der Waals surface area contributed by atoms with Gasteiger partial charge in [0.15, 0.2) is 0 Å². The summed E-state index contributed by atoms with van der Waals surface area (Å²) in [5.41, 5.74) is 3.32. The van der Waals surface area contributed by atoms with Crippen molar-refractivity contribution in [2.75, 3.05) is 0 Å². The minimum absolute atomic E-state index is 0.741. The van der Waals surface area contributed by atoms with Crippen LogP contribution >= 0.6 is 27.5 Å². The third-order valence-corrected chi connectivity index (χ3v) is 3.20. The topological polar surface area (TPSA) is 17.8 Å². The molecule has 4 heteroatoms. The molecule has 2 nitrogen and oxygen atoms in total. The quantitative estimate of drug-likeness (QED) is 0.811. The highest BCUT2D eigenvalue weighted by Gasteiger charge is 2.11. The first-order valence-electron chi connectivity index (χ1n) is 5.20. The average Bonchev–Trinajstić information content (AvgIpc) is 2.68. The third kappa shape index (κ3) is 2.61. The van der Waals surface area contributed by atoms with E-state index in [1.54, 1.807) is 6.20 Å². The van der Waals surface area contributed by atoms with Crippen LogP contribution in [0.5, 0.6) is 0 Å². The fourth-order valence-corrected chi connectivity index (χ4v) is 2.32. The maximum absolute atomic E-state index is 5.91. The molecule has 2 aromatic rings. The number of halogens is 2. The van der Waals surface area contributed by atoms with Crippen molar-refractivity contribution in [2.45, 2.75) is 6.92 Å². The van der Waals surface area contributed by atoms with E-state index >= 15 is 0 Å². The molecule has 0 bridgehead atoms. The number of aryl methyl sites for hydroxylation is 1. The predicted octanol–water partition coefficient (Wildman–Crippen LogP) is 4.25. The van der Waals surface area contributed by atoms with Crippen LogP contribution in [0.25, 0.3) is 5.57 Å². The van der Waals surface area contributed by atoms with Gasteiger partial charge in [-0.2, -0.15) is 5.10 Å². The lowest BCUT2D eigenvalue weighted by Crippen LogP contribution is -1.99. The van der Waals surface area contributed by atoms with Crippen LogP contribution < -0.4 is 0 Å². The van der Waals surface area contributed by atoms with E-state index in [2.05, 4.69) is 21.0 Å². The monoisotopic (exact) mass is 310 g/mol. The lowest BCUT2D eigenvalue weighted by molar-refractivity contribution is 0.756. The Labute approximate surface area is 114 Å². The molecular weight excluding hydrogens is 300 g/mol. The number of benzene rings is 1. The lowest BCUT2D eigenvalue weighted by Gasteiger charge is -2.10. The van der Waals surface area contributed by atoms with E-state index in [0.717, 1.165) is 26.3 Å². The Bertz CT molecular complexity index is 551. The minimum atomic E-state index is 0.741. The summed E-state index contributed by atoms with van der Waals surface area (Å²) in [7, 11) is 1.93. The molecule has 0 amide bonds. The second-order valence-corrected chi connectivity index (χ2v) is 5.38. The van der Waals surface area contributed by atoms with Crippen LogP contribution in [0, 0.1) is 0 Å². The first-order valence-corrected chi connectivity index (χ1v) is 6.37. The number of rotatable bonds is 2. The fourth-order valence-electron chi connectivity index (χ4n) is 1.76. The Hall–Kier alpha value is -1.06. The van der Waals surface area contributed by atoms with Crippen molar-refractivity contribution in [2.24, 2.45) is 7.05 Å². The molecule has 0 spiro atoms. The van der Waals surface area contributed by atoms with Crippen molar-refractivity contribution in [3.05, 3.63) is 57.3 Å². The van der Waals surface area contributed by atoms with Gasteiger partial charge in [-0.15, -0.1) is 0 Å². The van der Waals surface area contributed by atoms with E-state index in [0.29, 0.717) is 0 Å². The number of hydrogen-bond acceptors (Lipinski definition) is 1. The molecule has 1 heterocycles. The van der Waals surface area contributed by atoms with Crippen LogP contribution in [-0.2, 0) is 7.05 Å². The number of hydrogen-bond donors (Lipinski definition) is 0. The van der Waals surface area contributed by atoms with Crippen molar-refractivity contribution in [1.29, 1.82) is 0 Å². The van der Waals surface area contributed by atoms with E-state index < -0.39 is 0 Å². The van der Waals surface area contributed by atoms with Crippen molar-refractivity contribution >= 4 is 33.1 Å². The van der Waals surface area contributed by atoms with Crippen molar-refractivity contribution < 1.29 is 0 Å². The highest BCUT2D eigenvalue weighted by Crippen LogP contribution is 2.29. The Morgan fingerprint density at radius 1 is 1.24 bits per heavy atom. The average molecular weight is 312 g/mol. The first kappa shape index (κ1) is 12.4. The second-order valence-electron chi connectivity index (χ2n) is 3.76. The zero-order valence-corrected chi connectivity index (χ0v) is 12.0. The summed E-state index contributed by atoms with van der Waals surface area (Å²) in [6, 6.07) is 9.80. The summed E-state index contributed by atoms with van der Waals surface area (Å²) >= 11 is 9.46. The van der Waals surface area contributed by atoms with Gasteiger partial charge < -0.3 is 0 Å². The van der Waals surface area contributed by atoms with Gasteiger partial charge in [-0.1, -0.05) is 39.7 Å². The second kappa shape index (κ2) is 5.07. The molecule has 0 radical (unpaired) electrons. The van der Waals surface area contributed by atoms with Crippen molar-refractivity contribution in [3.8, 4) is 0 Å². The van der Waals surface area contributed by atoms with Gasteiger partial charge in [-0.05, 0) is 30.7 Å². The standard InChI is InChI=1S/C13H12BrClN2/c1-9(14)13(12-7-8-16-17(12)2)10-3-5-11(15)6-4-10/h3-8H,1-2H3/b13-9+. The first-order chi connectivity index (χ1) is 8.09.